The summed E-state index contributed by atoms with van der Waals surface area (Å²) in [5.41, 5.74) is 0. The number of aliphatic hydroxyl groups excluding tert-OH is 1. The Hall–Kier alpha value is -0.560. The van der Waals surface area contributed by atoms with Gasteiger partial charge in [0.05, 0.1) is 6.10 Å². The van der Waals surface area contributed by atoms with Gasteiger partial charge in [0.15, 0.2) is 0 Å². The molecule has 3 atom stereocenters. The summed E-state index contributed by atoms with van der Waals surface area (Å²) in [6.45, 7) is 7.45. The van der Waals surface area contributed by atoms with E-state index in [2.05, 4.69) is 13.2 Å². The number of aliphatic hydroxyl groups is 1. The lowest BCUT2D eigenvalue weighted by atomic mass is 9.92. The topological polar surface area (TPSA) is 20.2 Å². The molecule has 0 spiro atoms. The maximum Gasteiger partial charge on any atom is 0.0577 e. The Bertz CT molecular complexity index is 151. The zero-order valence-electron chi connectivity index (χ0n) is 6.87. The van der Waals surface area contributed by atoms with E-state index in [0.717, 1.165) is 19.3 Å². The predicted octanol–water partition coefficient (Wildman–Crippen LogP) is 2.14. The average molecular weight is 152 g/mol. The first kappa shape index (κ1) is 8.54. The lowest BCUT2D eigenvalue weighted by molar-refractivity contribution is 0.125. The molecule has 0 radical (unpaired) electrons. The molecule has 1 aliphatic rings. The SMILES string of the molecule is C=CC[C@H]1[C@@H](O)CC[C@@H]1C=C. The molecule has 1 nitrogen and oxygen atoms in total. The second kappa shape index (κ2) is 3.72. The Labute approximate surface area is 68.4 Å². The van der Waals surface area contributed by atoms with Crippen molar-refractivity contribution in [2.24, 2.45) is 11.8 Å². The molecule has 0 aromatic heterocycles. The van der Waals surface area contributed by atoms with Crippen LogP contribution in [0.15, 0.2) is 25.3 Å². The standard InChI is InChI=1S/C10H16O/c1-3-5-9-8(4-2)6-7-10(9)11/h3-4,8-11H,1-2,5-7H2/t8-,9+,10-/m0/s1. The second-order valence-corrected chi connectivity index (χ2v) is 3.23. The van der Waals surface area contributed by atoms with Crippen LogP contribution < -0.4 is 0 Å². The van der Waals surface area contributed by atoms with Gasteiger partial charge < -0.3 is 5.11 Å². The molecule has 0 heterocycles. The van der Waals surface area contributed by atoms with Crippen LogP contribution in [0.5, 0.6) is 0 Å². The summed E-state index contributed by atoms with van der Waals surface area (Å²) in [6.07, 6.45) is 6.65. The van der Waals surface area contributed by atoms with E-state index >= 15 is 0 Å². The molecule has 0 aliphatic heterocycles. The maximum atomic E-state index is 9.53. The van der Waals surface area contributed by atoms with Gasteiger partial charge in [-0.05, 0) is 31.1 Å². The third-order valence-electron chi connectivity index (χ3n) is 2.58. The summed E-state index contributed by atoms with van der Waals surface area (Å²) in [5.74, 6) is 0.882. The smallest absolute Gasteiger partial charge is 0.0577 e. The van der Waals surface area contributed by atoms with E-state index in [9.17, 15) is 5.11 Å². The second-order valence-electron chi connectivity index (χ2n) is 3.23. The minimum Gasteiger partial charge on any atom is -0.393 e. The minimum atomic E-state index is -0.129. The fourth-order valence-electron chi connectivity index (χ4n) is 1.89. The monoisotopic (exact) mass is 152 g/mol. The molecule has 11 heavy (non-hydrogen) atoms. The van der Waals surface area contributed by atoms with Crippen molar-refractivity contribution in [2.45, 2.75) is 25.4 Å². The van der Waals surface area contributed by atoms with Gasteiger partial charge in [-0.15, -0.1) is 13.2 Å². The molecule has 0 bridgehead atoms. The van der Waals surface area contributed by atoms with Crippen molar-refractivity contribution in [2.75, 3.05) is 0 Å². The highest BCUT2D eigenvalue weighted by atomic mass is 16.3. The molecule has 62 valence electrons. The van der Waals surface area contributed by atoms with E-state index in [1.165, 1.54) is 0 Å². The van der Waals surface area contributed by atoms with E-state index < -0.39 is 0 Å². The zero-order chi connectivity index (χ0) is 8.27. The third-order valence-corrected chi connectivity index (χ3v) is 2.58. The Morgan fingerprint density at radius 2 is 2.09 bits per heavy atom. The Balaban J connectivity index is 2.54. The van der Waals surface area contributed by atoms with Crippen LogP contribution in [-0.2, 0) is 0 Å². The first-order valence-corrected chi connectivity index (χ1v) is 4.21. The van der Waals surface area contributed by atoms with Gasteiger partial charge in [0, 0.05) is 0 Å². The Morgan fingerprint density at radius 1 is 1.36 bits per heavy atom. The number of hydrogen-bond donors (Lipinski definition) is 1. The summed E-state index contributed by atoms with van der Waals surface area (Å²) < 4.78 is 0. The maximum absolute atomic E-state index is 9.53. The van der Waals surface area contributed by atoms with Gasteiger partial charge >= 0.3 is 0 Å². The van der Waals surface area contributed by atoms with Crippen LogP contribution in [0, 0.1) is 11.8 Å². The largest absolute Gasteiger partial charge is 0.393 e. The van der Waals surface area contributed by atoms with E-state index in [4.69, 9.17) is 0 Å². The van der Waals surface area contributed by atoms with Crippen molar-refractivity contribution in [1.82, 2.24) is 0 Å². The number of hydrogen-bond acceptors (Lipinski definition) is 1. The number of allylic oxidation sites excluding steroid dienone is 2. The van der Waals surface area contributed by atoms with Gasteiger partial charge in [-0.1, -0.05) is 12.2 Å². The summed E-state index contributed by atoms with van der Waals surface area (Å²) in [6, 6.07) is 0. The van der Waals surface area contributed by atoms with Gasteiger partial charge in [-0.2, -0.15) is 0 Å². The fraction of sp³-hybridized carbons (Fsp3) is 0.600. The highest BCUT2D eigenvalue weighted by Gasteiger charge is 2.31. The molecule has 1 fully saturated rings. The van der Waals surface area contributed by atoms with Crippen LogP contribution in [-0.4, -0.2) is 11.2 Å². The van der Waals surface area contributed by atoms with Crippen molar-refractivity contribution >= 4 is 0 Å². The molecular weight excluding hydrogens is 136 g/mol. The molecule has 0 unspecified atom stereocenters. The lowest BCUT2D eigenvalue weighted by Crippen LogP contribution is -2.16. The number of rotatable bonds is 3. The van der Waals surface area contributed by atoms with Crippen molar-refractivity contribution in [1.29, 1.82) is 0 Å². The molecular formula is C10H16O. The molecule has 1 heteroatoms. The van der Waals surface area contributed by atoms with Crippen LogP contribution in [0.1, 0.15) is 19.3 Å². The van der Waals surface area contributed by atoms with Crippen molar-refractivity contribution in [3.63, 3.8) is 0 Å². The Kier molecular flexibility index (Phi) is 2.89. The molecule has 0 aromatic carbocycles. The van der Waals surface area contributed by atoms with Crippen LogP contribution in [0.4, 0.5) is 0 Å². The van der Waals surface area contributed by atoms with Crippen LogP contribution >= 0.6 is 0 Å². The van der Waals surface area contributed by atoms with Crippen molar-refractivity contribution < 1.29 is 5.11 Å². The molecule has 1 N–H and O–H groups in total. The van der Waals surface area contributed by atoms with Crippen LogP contribution in [0.25, 0.3) is 0 Å². The van der Waals surface area contributed by atoms with Crippen LogP contribution in [0.3, 0.4) is 0 Å². The summed E-state index contributed by atoms with van der Waals surface area (Å²) in [5, 5.41) is 9.53. The molecule has 1 saturated carbocycles. The van der Waals surface area contributed by atoms with Gasteiger partial charge in [-0.3, -0.25) is 0 Å². The predicted molar refractivity (Wildman–Crippen MR) is 47.2 cm³/mol. The van der Waals surface area contributed by atoms with E-state index in [0.29, 0.717) is 11.8 Å². The summed E-state index contributed by atoms with van der Waals surface area (Å²) in [7, 11) is 0. The molecule has 1 aliphatic carbocycles. The van der Waals surface area contributed by atoms with Crippen LogP contribution in [0.2, 0.25) is 0 Å². The molecule has 1 rings (SSSR count). The van der Waals surface area contributed by atoms with Gasteiger partial charge in [0.25, 0.3) is 0 Å². The third kappa shape index (κ3) is 1.72. The fourth-order valence-corrected chi connectivity index (χ4v) is 1.89. The highest BCUT2D eigenvalue weighted by molar-refractivity contribution is 4.96. The normalized spacial score (nSPS) is 37.0. The Morgan fingerprint density at radius 3 is 2.64 bits per heavy atom. The van der Waals surface area contributed by atoms with Gasteiger partial charge in [-0.25, -0.2) is 0 Å². The van der Waals surface area contributed by atoms with E-state index in [-0.39, 0.29) is 6.10 Å². The van der Waals surface area contributed by atoms with E-state index in [1.54, 1.807) is 0 Å². The van der Waals surface area contributed by atoms with Gasteiger partial charge in [0.2, 0.25) is 0 Å². The molecule has 0 amide bonds. The van der Waals surface area contributed by atoms with Crippen molar-refractivity contribution in [3.05, 3.63) is 25.3 Å². The molecule has 0 saturated heterocycles. The summed E-state index contributed by atoms with van der Waals surface area (Å²) in [4.78, 5) is 0. The zero-order valence-corrected chi connectivity index (χ0v) is 6.87. The van der Waals surface area contributed by atoms with Gasteiger partial charge in [0.1, 0.15) is 0 Å². The first-order chi connectivity index (χ1) is 5.29. The lowest BCUT2D eigenvalue weighted by Gasteiger charge is -2.16. The summed E-state index contributed by atoms with van der Waals surface area (Å²) >= 11 is 0. The average Bonchev–Trinajstić information content (AvgIpc) is 2.34. The minimum absolute atomic E-state index is 0.129. The first-order valence-electron chi connectivity index (χ1n) is 4.21. The molecule has 0 aromatic rings. The quantitative estimate of drug-likeness (QED) is 0.614. The highest BCUT2D eigenvalue weighted by Crippen LogP contribution is 2.35. The van der Waals surface area contributed by atoms with Crippen molar-refractivity contribution in [3.8, 4) is 0 Å². The van der Waals surface area contributed by atoms with E-state index in [1.807, 2.05) is 12.2 Å².